The zero-order valence-electron chi connectivity index (χ0n) is 12.0. The van der Waals surface area contributed by atoms with Crippen molar-refractivity contribution in [2.24, 2.45) is 11.5 Å². The van der Waals surface area contributed by atoms with Crippen molar-refractivity contribution < 1.29 is 9.59 Å². The van der Waals surface area contributed by atoms with Gasteiger partial charge >= 0.3 is 8.56 Å². The fraction of sp³-hybridized carbons (Fsp3) is 0.250. The van der Waals surface area contributed by atoms with E-state index in [4.69, 9.17) is 11.5 Å². The third kappa shape index (κ3) is 3.78. The van der Waals surface area contributed by atoms with E-state index in [1.54, 1.807) is 24.3 Å². The molecular formula is C16H22N2O2Si. The van der Waals surface area contributed by atoms with Gasteiger partial charge < -0.3 is 21.1 Å². The average molecular weight is 302 g/mol. The zero-order chi connectivity index (χ0) is 15.3. The van der Waals surface area contributed by atoms with Crippen LogP contribution >= 0.6 is 0 Å². The molecule has 0 aliphatic carbocycles. The SMILES string of the molecule is NCCc1ccc([Si](O)(O)c2ccc(CCN)cc2)cc1. The Balaban J connectivity index is 2.23. The highest BCUT2D eigenvalue weighted by atomic mass is 28.4. The second kappa shape index (κ2) is 6.97. The van der Waals surface area contributed by atoms with Crippen LogP contribution in [0.4, 0.5) is 0 Å². The van der Waals surface area contributed by atoms with Crippen molar-refractivity contribution in [3.8, 4) is 0 Å². The van der Waals surface area contributed by atoms with Crippen LogP contribution in [-0.2, 0) is 12.8 Å². The summed E-state index contributed by atoms with van der Waals surface area (Å²) in [5.74, 6) is 0. The van der Waals surface area contributed by atoms with E-state index in [-0.39, 0.29) is 0 Å². The van der Waals surface area contributed by atoms with Crippen LogP contribution in [0.3, 0.4) is 0 Å². The molecule has 0 amide bonds. The molecule has 0 aliphatic heterocycles. The van der Waals surface area contributed by atoms with Crippen molar-refractivity contribution in [2.75, 3.05) is 13.1 Å². The number of nitrogens with two attached hydrogens (primary N) is 2. The molecule has 4 nitrogen and oxygen atoms in total. The first-order valence-corrected chi connectivity index (χ1v) is 9.01. The van der Waals surface area contributed by atoms with E-state index in [9.17, 15) is 9.59 Å². The van der Waals surface area contributed by atoms with E-state index >= 15 is 0 Å². The molecule has 2 aromatic rings. The number of benzene rings is 2. The lowest BCUT2D eigenvalue weighted by Gasteiger charge is -2.19. The van der Waals surface area contributed by atoms with Gasteiger partial charge in [-0.25, -0.2) is 0 Å². The largest absolute Gasteiger partial charge is 0.404 e. The van der Waals surface area contributed by atoms with Crippen molar-refractivity contribution in [1.29, 1.82) is 0 Å². The van der Waals surface area contributed by atoms with Gasteiger partial charge in [-0.05, 0) is 47.4 Å². The van der Waals surface area contributed by atoms with Crippen LogP contribution in [0, 0.1) is 0 Å². The minimum atomic E-state index is -3.61. The van der Waals surface area contributed by atoms with Gasteiger partial charge in [-0.3, -0.25) is 0 Å². The molecule has 0 aromatic heterocycles. The van der Waals surface area contributed by atoms with Gasteiger partial charge in [-0.2, -0.15) is 0 Å². The standard InChI is InChI=1S/C16H22N2O2Si/c17-11-9-13-1-5-15(6-2-13)21(19,20)16-7-3-14(4-8-16)10-12-18/h1-8,19-20H,9-12,17-18H2. The Morgan fingerprint density at radius 2 is 1.00 bits per heavy atom. The maximum atomic E-state index is 10.5. The summed E-state index contributed by atoms with van der Waals surface area (Å²) in [5.41, 5.74) is 13.2. The van der Waals surface area contributed by atoms with Crippen molar-refractivity contribution in [2.45, 2.75) is 12.8 Å². The Bertz CT molecular complexity index is 516. The van der Waals surface area contributed by atoms with Gasteiger partial charge in [-0.15, -0.1) is 0 Å². The molecule has 2 rings (SSSR count). The van der Waals surface area contributed by atoms with Crippen molar-refractivity contribution in [1.82, 2.24) is 0 Å². The van der Waals surface area contributed by atoms with Gasteiger partial charge in [0.2, 0.25) is 0 Å². The molecule has 5 heteroatoms. The monoisotopic (exact) mass is 302 g/mol. The maximum absolute atomic E-state index is 10.5. The van der Waals surface area contributed by atoms with Crippen LogP contribution < -0.4 is 21.8 Å². The molecule has 0 atom stereocenters. The van der Waals surface area contributed by atoms with Gasteiger partial charge in [0.25, 0.3) is 0 Å². The van der Waals surface area contributed by atoms with E-state index in [1.165, 1.54) is 0 Å². The molecule has 6 N–H and O–H groups in total. The minimum Gasteiger partial charge on any atom is -0.404 e. The fourth-order valence-electron chi connectivity index (χ4n) is 2.31. The van der Waals surface area contributed by atoms with Gasteiger partial charge in [-0.1, -0.05) is 48.5 Å². The summed E-state index contributed by atoms with van der Waals surface area (Å²) in [6.45, 7) is 1.17. The first kappa shape index (κ1) is 15.9. The molecule has 0 saturated heterocycles. The predicted molar refractivity (Wildman–Crippen MR) is 87.9 cm³/mol. The lowest BCUT2D eigenvalue weighted by atomic mass is 10.1. The predicted octanol–water partition coefficient (Wildman–Crippen LogP) is -0.770. The van der Waals surface area contributed by atoms with E-state index < -0.39 is 8.56 Å². The summed E-state index contributed by atoms with van der Waals surface area (Å²) in [6.07, 6.45) is 1.58. The summed E-state index contributed by atoms with van der Waals surface area (Å²) in [6, 6.07) is 14.7. The molecule has 0 spiro atoms. The van der Waals surface area contributed by atoms with Gasteiger partial charge in [0.15, 0.2) is 0 Å². The van der Waals surface area contributed by atoms with Gasteiger partial charge in [0.1, 0.15) is 0 Å². The molecular weight excluding hydrogens is 280 g/mol. The van der Waals surface area contributed by atoms with Crippen molar-refractivity contribution in [3.05, 3.63) is 59.7 Å². The molecule has 0 heterocycles. The molecule has 0 aliphatic rings. The smallest absolute Gasteiger partial charge is 0.401 e. The summed E-state index contributed by atoms with van der Waals surface area (Å²) in [7, 11) is -3.61. The van der Waals surface area contributed by atoms with Crippen molar-refractivity contribution >= 4 is 18.9 Å². The molecule has 0 saturated carbocycles. The van der Waals surface area contributed by atoms with E-state index in [0.717, 1.165) is 24.0 Å². The topological polar surface area (TPSA) is 92.5 Å². The van der Waals surface area contributed by atoms with E-state index in [0.29, 0.717) is 23.5 Å². The molecule has 0 unspecified atom stereocenters. The average Bonchev–Trinajstić information content (AvgIpc) is 2.49. The summed E-state index contributed by atoms with van der Waals surface area (Å²) in [4.78, 5) is 21.1. The second-order valence-electron chi connectivity index (χ2n) is 5.14. The first-order chi connectivity index (χ1) is 10.1. The zero-order valence-corrected chi connectivity index (χ0v) is 13.0. The lowest BCUT2D eigenvalue weighted by Crippen LogP contribution is -2.59. The molecule has 0 bridgehead atoms. The van der Waals surface area contributed by atoms with Crippen LogP contribution in [0.25, 0.3) is 0 Å². The molecule has 0 radical (unpaired) electrons. The molecule has 2 aromatic carbocycles. The quantitative estimate of drug-likeness (QED) is 0.527. The summed E-state index contributed by atoms with van der Waals surface area (Å²) >= 11 is 0. The minimum absolute atomic E-state index is 0.579. The normalized spacial score (nSPS) is 11.6. The third-order valence-electron chi connectivity index (χ3n) is 3.58. The van der Waals surface area contributed by atoms with Crippen LogP contribution in [0.1, 0.15) is 11.1 Å². The molecule has 21 heavy (non-hydrogen) atoms. The highest BCUT2D eigenvalue weighted by Crippen LogP contribution is 2.04. The van der Waals surface area contributed by atoms with Gasteiger partial charge in [0, 0.05) is 0 Å². The van der Waals surface area contributed by atoms with Gasteiger partial charge in [0.05, 0.1) is 0 Å². The first-order valence-electron chi connectivity index (χ1n) is 7.11. The van der Waals surface area contributed by atoms with Crippen LogP contribution in [0.5, 0.6) is 0 Å². The number of rotatable bonds is 6. The molecule has 0 fully saturated rings. The Morgan fingerprint density at radius 1 is 0.667 bits per heavy atom. The number of hydrogen-bond donors (Lipinski definition) is 4. The van der Waals surface area contributed by atoms with Crippen molar-refractivity contribution in [3.63, 3.8) is 0 Å². The van der Waals surface area contributed by atoms with E-state index in [2.05, 4.69) is 0 Å². The number of hydrogen-bond acceptors (Lipinski definition) is 4. The Labute approximate surface area is 126 Å². The third-order valence-corrected chi connectivity index (χ3v) is 5.86. The maximum Gasteiger partial charge on any atom is 0.401 e. The van der Waals surface area contributed by atoms with Crippen LogP contribution in [-0.4, -0.2) is 31.2 Å². The second-order valence-corrected chi connectivity index (χ2v) is 7.64. The van der Waals surface area contributed by atoms with Crippen LogP contribution in [0.15, 0.2) is 48.5 Å². The lowest BCUT2D eigenvalue weighted by molar-refractivity contribution is 0.401. The summed E-state index contributed by atoms with van der Waals surface area (Å²) in [5, 5.41) is 1.16. The highest BCUT2D eigenvalue weighted by molar-refractivity contribution is 6.90. The summed E-state index contributed by atoms with van der Waals surface area (Å²) < 4.78 is 0. The molecule has 112 valence electrons. The highest BCUT2D eigenvalue weighted by Gasteiger charge is 2.34. The Hall–Kier alpha value is -1.50. The van der Waals surface area contributed by atoms with E-state index in [1.807, 2.05) is 24.3 Å². The van der Waals surface area contributed by atoms with Crippen LogP contribution in [0.2, 0.25) is 0 Å². The fourth-order valence-corrected chi connectivity index (χ4v) is 3.90. The Morgan fingerprint density at radius 3 is 1.29 bits per heavy atom. The Kier molecular flexibility index (Phi) is 5.27.